The minimum atomic E-state index is -3.16. The molecule has 2 amide bonds. The van der Waals surface area contributed by atoms with Crippen LogP contribution in [-0.2, 0) is 9.84 Å². The number of nitrogens with one attached hydrogen (secondary N) is 1. The van der Waals surface area contributed by atoms with Gasteiger partial charge in [-0.3, -0.25) is 0 Å². The molecule has 1 aliphatic rings. The van der Waals surface area contributed by atoms with Crippen LogP contribution in [0.4, 0.5) is 10.5 Å². The van der Waals surface area contributed by atoms with E-state index in [-0.39, 0.29) is 12.1 Å². The third kappa shape index (κ3) is 3.63. The maximum absolute atomic E-state index is 11.4. The summed E-state index contributed by atoms with van der Waals surface area (Å²) in [6, 6.07) is 6.61. The zero-order valence-electron chi connectivity index (χ0n) is 11.4. The third-order valence-electron chi connectivity index (χ3n) is 3.46. The van der Waals surface area contributed by atoms with Gasteiger partial charge >= 0.3 is 6.03 Å². The molecular weight excluding hydrogens is 278 g/mol. The second kappa shape index (κ2) is 5.70. The average molecular weight is 297 g/mol. The number of nitrogens with zero attached hydrogens (tertiary/aromatic N) is 1. The highest BCUT2D eigenvalue weighted by atomic mass is 32.2. The lowest BCUT2D eigenvalue weighted by molar-refractivity contribution is 0.193. The van der Waals surface area contributed by atoms with Crippen LogP contribution in [0.3, 0.4) is 0 Å². The van der Waals surface area contributed by atoms with Gasteiger partial charge in [0.15, 0.2) is 9.84 Å². The molecule has 1 aromatic rings. The molecule has 0 bridgehead atoms. The first kappa shape index (κ1) is 14.6. The van der Waals surface area contributed by atoms with Crippen LogP contribution in [0.5, 0.6) is 0 Å². The molecule has 3 N–H and O–H groups in total. The van der Waals surface area contributed by atoms with Crippen LogP contribution in [0.25, 0.3) is 0 Å². The van der Waals surface area contributed by atoms with Crippen LogP contribution in [-0.4, -0.2) is 44.7 Å². The maximum Gasteiger partial charge on any atom is 0.314 e. The Labute approximate surface area is 118 Å². The van der Waals surface area contributed by atoms with Crippen molar-refractivity contribution in [2.45, 2.75) is 23.8 Å². The summed E-state index contributed by atoms with van der Waals surface area (Å²) in [5.41, 5.74) is 6.12. The Bertz CT molecular complexity index is 575. The van der Waals surface area contributed by atoms with E-state index in [0.29, 0.717) is 18.0 Å². The van der Waals surface area contributed by atoms with E-state index in [9.17, 15) is 13.2 Å². The third-order valence-corrected chi connectivity index (χ3v) is 4.59. The standard InChI is InChI=1S/C13H19N3O3S/c1-20(18,19)12-4-2-10(3-5-12)15-11-6-8-16(9-7-11)13(14)17/h2-5,11,15H,6-9H2,1H3,(H2,14,17). The lowest BCUT2D eigenvalue weighted by Crippen LogP contribution is -2.44. The van der Waals surface area contributed by atoms with Crippen molar-refractivity contribution >= 4 is 21.6 Å². The van der Waals surface area contributed by atoms with Crippen molar-refractivity contribution in [3.63, 3.8) is 0 Å². The van der Waals surface area contributed by atoms with E-state index in [1.165, 1.54) is 6.26 Å². The van der Waals surface area contributed by atoms with Crippen molar-refractivity contribution in [2.75, 3.05) is 24.7 Å². The number of primary amides is 1. The van der Waals surface area contributed by atoms with Gasteiger partial charge in [-0.15, -0.1) is 0 Å². The molecule has 1 heterocycles. The first-order valence-corrected chi connectivity index (χ1v) is 8.36. The predicted octanol–water partition coefficient (Wildman–Crippen LogP) is 1.05. The molecule has 2 rings (SSSR count). The zero-order valence-corrected chi connectivity index (χ0v) is 12.2. The molecular formula is C13H19N3O3S. The molecule has 0 radical (unpaired) electrons. The van der Waals surface area contributed by atoms with E-state index in [1.54, 1.807) is 29.2 Å². The monoisotopic (exact) mass is 297 g/mol. The Balaban J connectivity index is 1.93. The molecule has 6 nitrogen and oxygen atoms in total. The second-order valence-corrected chi connectivity index (χ2v) is 7.06. The summed E-state index contributed by atoms with van der Waals surface area (Å²) >= 11 is 0. The lowest BCUT2D eigenvalue weighted by Gasteiger charge is -2.31. The number of urea groups is 1. The van der Waals surface area contributed by atoms with Crippen LogP contribution in [0.1, 0.15) is 12.8 Å². The zero-order chi connectivity index (χ0) is 14.8. The summed E-state index contributed by atoms with van der Waals surface area (Å²) in [5, 5.41) is 3.35. The molecule has 0 aromatic heterocycles. The van der Waals surface area contributed by atoms with Crippen molar-refractivity contribution in [1.82, 2.24) is 4.90 Å². The summed E-state index contributed by atoms with van der Waals surface area (Å²) in [4.78, 5) is 13.0. The van der Waals surface area contributed by atoms with E-state index >= 15 is 0 Å². The molecule has 1 aliphatic heterocycles. The van der Waals surface area contributed by atoms with Crippen molar-refractivity contribution in [3.8, 4) is 0 Å². The number of likely N-dealkylation sites (tertiary alicyclic amines) is 1. The summed E-state index contributed by atoms with van der Waals surface area (Å²) in [6.45, 7) is 1.29. The molecule has 110 valence electrons. The van der Waals surface area contributed by atoms with Gasteiger partial charge in [-0.25, -0.2) is 13.2 Å². The molecule has 1 aromatic carbocycles. The van der Waals surface area contributed by atoms with E-state index in [2.05, 4.69) is 5.32 Å². The maximum atomic E-state index is 11.4. The van der Waals surface area contributed by atoms with Crippen LogP contribution in [0.15, 0.2) is 29.2 Å². The Morgan fingerprint density at radius 1 is 1.25 bits per heavy atom. The topological polar surface area (TPSA) is 92.5 Å². The normalized spacial score (nSPS) is 16.9. The molecule has 0 unspecified atom stereocenters. The van der Waals surface area contributed by atoms with E-state index in [1.807, 2.05) is 0 Å². The lowest BCUT2D eigenvalue weighted by atomic mass is 10.1. The smallest absolute Gasteiger partial charge is 0.314 e. The Morgan fingerprint density at radius 2 is 1.80 bits per heavy atom. The fourth-order valence-corrected chi connectivity index (χ4v) is 2.91. The van der Waals surface area contributed by atoms with Gasteiger partial charge in [0, 0.05) is 31.1 Å². The summed E-state index contributed by atoms with van der Waals surface area (Å²) in [5.74, 6) is 0. The molecule has 20 heavy (non-hydrogen) atoms. The number of piperidine rings is 1. The first-order chi connectivity index (χ1) is 9.36. The van der Waals surface area contributed by atoms with Gasteiger partial charge < -0.3 is 16.0 Å². The molecule has 0 atom stereocenters. The minimum absolute atomic E-state index is 0.273. The summed E-state index contributed by atoms with van der Waals surface area (Å²) < 4.78 is 22.7. The van der Waals surface area contributed by atoms with Crippen molar-refractivity contribution < 1.29 is 13.2 Å². The van der Waals surface area contributed by atoms with E-state index in [4.69, 9.17) is 5.73 Å². The van der Waals surface area contributed by atoms with Gasteiger partial charge in [-0.05, 0) is 37.1 Å². The number of carbonyl (C=O) groups excluding carboxylic acids is 1. The number of hydrogen-bond donors (Lipinski definition) is 2. The molecule has 1 saturated heterocycles. The highest BCUT2D eigenvalue weighted by Gasteiger charge is 2.20. The fraction of sp³-hybridized carbons (Fsp3) is 0.462. The number of hydrogen-bond acceptors (Lipinski definition) is 4. The van der Waals surface area contributed by atoms with Gasteiger partial charge in [-0.1, -0.05) is 0 Å². The second-order valence-electron chi connectivity index (χ2n) is 5.04. The van der Waals surface area contributed by atoms with Crippen molar-refractivity contribution in [2.24, 2.45) is 5.73 Å². The summed E-state index contributed by atoms with van der Waals surface area (Å²) in [7, 11) is -3.16. The molecule has 0 saturated carbocycles. The van der Waals surface area contributed by atoms with Gasteiger partial charge in [0.25, 0.3) is 0 Å². The molecule has 1 fully saturated rings. The van der Waals surface area contributed by atoms with Gasteiger partial charge in [0.1, 0.15) is 0 Å². The van der Waals surface area contributed by atoms with E-state index < -0.39 is 9.84 Å². The van der Waals surface area contributed by atoms with Gasteiger partial charge in [0.05, 0.1) is 4.90 Å². The van der Waals surface area contributed by atoms with Gasteiger partial charge in [0.2, 0.25) is 0 Å². The Hall–Kier alpha value is -1.76. The predicted molar refractivity (Wildman–Crippen MR) is 77.4 cm³/mol. The average Bonchev–Trinajstić information content (AvgIpc) is 2.39. The number of anilines is 1. The van der Waals surface area contributed by atoms with Crippen LogP contribution in [0, 0.1) is 0 Å². The number of carbonyl (C=O) groups is 1. The highest BCUT2D eigenvalue weighted by Crippen LogP contribution is 2.18. The van der Waals surface area contributed by atoms with Crippen molar-refractivity contribution in [1.29, 1.82) is 0 Å². The number of rotatable bonds is 3. The quantitative estimate of drug-likeness (QED) is 0.872. The number of benzene rings is 1. The molecule has 0 spiro atoms. The first-order valence-electron chi connectivity index (χ1n) is 6.47. The number of amides is 2. The summed E-state index contributed by atoms with van der Waals surface area (Å²) in [6.07, 6.45) is 2.85. The molecule has 0 aliphatic carbocycles. The highest BCUT2D eigenvalue weighted by molar-refractivity contribution is 7.90. The fourth-order valence-electron chi connectivity index (χ4n) is 2.28. The van der Waals surface area contributed by atoms with Crippen LogP contribution >= 0.6 is 0 Å². The Morgan fingerprint density at radius 3 is 2.25 bits per heavy atom. The Kier molecular flexibility index (Phi) is 4.17. The SMILES string of the molecule is CS(=O)(=O)c1ccc(NC2CCN(C(N)=O)CC2)cc1. The largest absolute Gasteiger partial charge is 0.382 e. The van der Waals surface area contributed by atoms with E-state index in [0.717, 1.165) is 18.5 Å². The van der Waals surface area contributed by atoms with Crippen LogP contribution < -0.4 is 11.1 Å². The van der Waals surface area contributed by atoms with Gasteiger partial charge in [-0.2, -0.15) is 0 Å². The minimum Gasteiger partial charge on any atom is -0.382 e. The molecule has 7 heteroatoms. The van der Waals surface area contributed by atoms with Crippen LogP contribution in [0.2, 0.25) is 0 Å². The number of sulfone groups is 1. The van der Waals surface area contributed by atoms with Crippen molar-refractivity contribution in [3.05, 3.63) is 24.3 Å². The number of nitrogens with two attached hydrogens (primary N) is 1.